The molecular formula is C42H36BCl2N3O8. The minimum atomic E-state index is -1.82. The van der Waals surface area contributed by atoms with Crippen LogP contribution < -0.4 is 20.5 Å². The molecule has 2 aliphatic carbocycles. The van der Waals surface area contributed by atoms with Crippen LogP contribution in [-0.4, -0.2) is 58.0 Å². The molecule has 4 aromatic carbocycles. The molecule has 4 N–H and O–H groups in total. The van der Waals surface area contributed by atoms with E-state index in [2.05, 4.69) is 12.0 Å². The number of aromatic hydroxyl groups is 1. The van der Waals surface area contributed by atoms with Crippen molar-refractivity contribution in [1.82, 2.24) is 5.01 Å². The number of anilines is 2. The lowest BCUT2D eigenvalue weighted by molar-refractivity contribution is -0.138. The van der Waals surface area contributed by atoms with Crippen LogP contribution in [0.5, 0.6) is 11.5 Å². The lowest BCUT2D eigenvalue weighted by Gasteiger charge is -2.50. The summed E-state index contributed by atoms with van der Waals surface area (Å²) in [5.74, 6) is -6.18. The van der Waals surface area contributed by atoms with Gasteiger partial charge in [-0.1, -0.05) is 83.4 Å². The summed E-state index contributed by atoms with van der Waals surface area (Å²) < 4.78 is 5.47. The predicted molar refractivity (Wildman–Crippen MR) is 211 cm³/mol. The number of ether oxygens (including phenoxy) is 1. The molecular weight excluding hydrogens is 756 g/mol. The number of benzene rings is 4. The van der Waals surface area contributed by atoms with E-state index in [1.54, 1.807) is 66.7 Å². The molecule has 3 fully saturated rings. The molecule has 2 heterocycles. The molecule has 0 spiro atoms. The molecule has 4 amide bonds. The van der Waals surface area contributed by atoms with Gasteiger partial charge in [0.2, 0.25) is 11.8 Å². The SMILES string of the molecule is C=CCc1cccc(C2C3=CCC4C(=O)N(c5cccc(B(O)O)c5)C(=O)C4C3CC3C(=O)N(Nc4ccc(Cl)cc4Cl)C(=O)C32c2ccc(OC)cc2)c1O. The van der Waals surface area contributed by atoms with E-state index in [1.807, 2.05) is 6.08 Å². The van der Waals surface area contributed by atoms with Crippen LogP contribution in [0.4, 0.5) is 11.4 Å². The molecule has 0 bridgehead atoms. The Morgan fingerprint density at radius 3 is 2.39 bits per heavy atom. The van der Waals surface area contributed by atoms with Gasteiger partial charge in [0.05, 0.1) is 46.7 Å². The first-order valence-electron chi connectivity index (χ1n) is 18.1. The van der Waals surface area contributed by atoms with Crippen molar-refractivity contribution in [2.75, 3.05) is 17.4 Å². The molecule has 6 unspecified atom stereocenters. The first-order chi connectivity index (χ1) is 26.9. The van der Waals surface area contributed by atoms with Crippen molar-refractivity contribution in [2.24, 2.45) is 23.7 Å². The van der Waals surface area contributed by atoms with Gasteiger partial charge in [-0.3, -0.25) is 29.5 Å². The first-order valence-corrected chi connectivity index (χ1v) is 18.9. The summed E-state index contributed by atoms with van der Waals surface area (Å²) in [6.45, 7) is 3.85. The molecule has 284 valence electrons. The number of amides is 4. The van der Waals surface area contributed by atoms with Gasteiger partial charge in [0.15, 0.2) is 0 Å². The third kappa shape index (κ3) is 5.65. The first kappa shape index (κ1) is 37.5. The largest absolute Gasteiger partial charge is 0.507 e. The summed E-state index contributed by atoms with van der Waals surface area (Å²) in [7, 11) is -0.300. The summed E-state index contributed by atoms with van der Waals surface area (Å²) >= 11 is 12.7. The summed E-state index contributed by atoms with van der Waals surface area (Å²) in [4.78, 5) is 60.4. The van der Waals surface area contributed by atoms with Crippen LogP contribution in [0.25, 0.3) is 0 Å². The molecule has 6 atom stereocenters. The van der Waals surface area contributed by atoms with E-state index in [1.165, 1.54) is 31.4 Å². The van der Waals surface area contributed by atoms with E-state index >= 15 is 9.59 Å². The molecule has 11 nitrogen and oxygen atoms in total. The van der Waals surface area contributed by atoms with E-state index in [9.17, 15) is 24.7 Å². The summed E-state index contributed by atoms with van der Waals surface area (Å²) in [6, 6.07) is 22.7. The van der Waals surface area contributed by atoms with Crippen molar-refractivity contribution in [2.45, 2.75) is 30.6 Å². The van der Waals surface area contributed by atoms with Crippen LogP contribution in [0.1, 0.15) is 35.4 Å². The number of phenols is 1. The number of carbonyl (C=O) groups excluding carboxylic acids is 4. The highest BCUT2D eigenvalue weighted by molar-refractivity contribution is 6.58. The topological polar surface area (TPSA) is 157 Å². The molecule has 8 rings (SSSR count). The zero-order valence-electron chi connectivity index (χ0n) is 30.1. The number of allylic oxidation sites excluding steroid dienone is 3. The number of carbonyl (C=O) groups is 4. The Morgan fingerprint density at radius 2 is 1.70 bits per heavy atom. The highest BCUT2D eigenvalue weighted by Crippen LogP contribution is 2.65. The van der Waals surface area contributed by atoms with Crippen molar-refractivity contribution in [3.05, 3.63) is 136 Å². The molecule has 0 radical (unpaired) electrons. The van der Waals surface area contributed by atoms with Crippen molar-refractivity contribution in [3.63, 3.8) is 0 Å². The van der Waals surface area contributed by atoms with Crippen LogP contribution in [0, 0.1) is 23.7 Å². The van der Waals surface area contributed by atoms with Crippen LogP contribution >= 0.6 is 23.2 Å². The summed E-state index contributed by atoms with van der Waals surface area (Å²) in [6.07, 6.45) is 4.03. The Balaban J connectivity index is 1.34. The van der Waals surface area contributed by atoms with Crippen LogP contribution in [0.2, 0.25) is 10.0 Å². The van der Waals surface area contributed by atoms with Gasteiger partial charge in [-0.2, -0.15) is 5.01 Å². The van der Waals surface area contributed by atoms with Gasteiger partial charge in [-0.25, -0.2) is 0 Å². The number of imide groups is 2. The fourth-order valence-corrected chi connectivity index (χ4v) is 9.88. The van der Waals surface area contributed by atoms with Gasteiger partial charge in [-0.15, -0.1) is 6.58 Å². The van der Waals surface area contributed by atoms with Gasteiger partial charge in [0.1, 0.15) is 11.5 Å². The smallest absolute Gasteiger partial charge is 0.488 e. The maximum Gasteiger partial charge on any atom is 0.488 e. The number of fused-ring (bicyclic) bond motifs is 4. The number of hydrogen-bond acceptors (Lipinski definition) is 9. The van der Waals surface area contributed by atoms with E-state index < -0.39 is 65.8 Å². The highest BCUT2D eigenvalue weighted by Gasteiger charge is 2.70. The average Bonchev–Trinajstić information content (AvgIpc) is 3.57. The normalized spacial score (nSPS) is 25.4. The lowest BCUT2D eigenvalue weighted by atomic mass is 9.49. The predicted octanol–water partition coefficient (Wildman–Crippen LogP) is 5.31. The second-order valence-corrected chi connectivity index (χ2v) is 15.4. The number of phenolic OH excluding ortho intramolecular Hbond substituents is 1. The van der Waals surface area contributed by atoms with Gasteiger partial charge < -0.3 is 19.9 Å². The highest BCUT2D eigenvalue weighted by atomic mass is 35.5. The van der Waals surface area contributed by atoms with E-state index in [-0.39, 0.29) is 40.5 Å². The third-order valence-corrected chi connectivity index (χ3v) is 12.4. The fraction of sp³-hybridized carbons (Fsp3) is 0.238. The third-order valence-electron chi connectivity index (χ3n) is 11.8. The molecule has 2 saturated heterocycles. The summed E-state index contributed by atoms with van der Waals surface area (Å²) in [5, 5.41) is 33.3. The maximum absolute atomic E-state index is 15.5. The van der Waals surface area contributed by atoms with E-state index in [0.717, 1.165) is 9.91 Å². The quantitative estimate of drug-likeness (QED) is 0.100. The van der Waals surface area contributed by atoms with Gasteiger partial charge in [-0.05, 0) is 84.2 Å². The van der Waals surface area contributed by atoms with Crippen molar-refractivity contribution < 1.29 is 39.1 Å². The number of para-hydroxylation sites is 1. The molecule has 2 aliphatic heterocycles. The number of hydrogen-bond donors (Lipinski definition) is 4. The minimum absolute atomic E-state index is 0.0159. The van der Waals surface area contributed by atoms with Crippen molar-refractivity contribution in [1.29, 1.82) is 0 Å². The standard InChI is InChI=1S/C42H36BCl2N3O8/c1-3-6-22-7-4-10-30(37(22)49)36-28-16-17-29-35(40(52)47(38(29)50)26-9-5-8-24(19-26)43(54)55)31(28)21-32-39(51)48(46-34-18-13-25(44)20-33(34)45)41(53)42(32,36)23-11-14-27(56-2)15-12-23/h3-5,7-16,18-20,29,31-32,35-36,46,49,54-55H,1,6,17,21H2,2H3. The zero-order chi connectivity index (χ0) is 39.6. The number of nitrogens with one attached hydrogen (secondary N) is 1. The van der Waals surface area contributed by atoms with E-state index in [0.29, 0.717) is 39.5 Å². The van der Waals surface area contributed by atoms with Gasteiger partial charge >= 0.3 is 7.12 Å². The van der Waals surface area contributed by atoms with Gasteiger partial charge in [0.25, 0.3) is 11.8 Å². The second kappa shape index (κ2) is 14.3. The zero-order valence-corrected chi connectivity index (χ0v) is 31.6. The Bertz CT molecular complexity index is 2350. The Hall–Kier alpha value is -5.40. The van der Waals surface area contributed by atoms with E-state index in [4.69, 9.17) is 27.9 Å². The monoisotopic (exact) mass is 791 g/mol. The van der Waals surface area contributed by atoms with Crippen LogP contribution in [-0.2, 0) is 31.0 Å². The second-order valence-electron chi connectivity index (χ2n) is 14.5. The Kier molecular flexibility index (Phi) is 9.57. The van der Waals surface area contributed by atoms with Crippen molar-refractivity contribution in [3.8, 4) is 11.5 Å². The fourth-order valence-electron chi connectivity index (χ4n) is 9.43. The van der Waals surface area contributed by atoms with Crippen LogP contribution in [0.15, 0.2) is 109 Å². The number of methoxy groups -OCH3 is 1. The summed E-state index contributed by atoms with van der Waals surface area (Å²) in [5.41, 5.74) is 3.94. The molecule has 0 aromatic heterocycles. The maximum atomic E-state index is 15.5. The lowest BCUT2D eigenvalue weighted by Crippen LogP contribution is -2.53. The minimum Gasteiger partial charge on any atom is -0.507 e. The number of hydrazine groups is 1. The van der Waals surface area contributed by atoms with Gasteiger partial charge in [0, 0.05) is 16.5 Å². The van der Waals surface area contributed by atoms with Crippen LogP contribution in [0.3, 0.4) is 0 Å². The molecule has 56 heavy (non-hydrogen) atoms. The number of halogens is 2. The van der Waals surface area contributed by atoms with Crippen molar-refractivity contribution >= 4 is 70.8 Å². The number of nitrogens with zero attached hydrogens (tertiary/aromatic N) is 2. The molecule has 1 saturated carbocycles. The average molecular weight is 792 g/mol. The Labute approximate surface area is 332 Å². The molecule has 4 aliphatic rings. The molecule has 4 aromatic rings. The Morgan fingerprint density at radius 1 is 0.946 bits per heavy atom. The number of rotatable bonds is 9. The molecule has 14 heteroatoms.